The summed E-state index contributed by atoms with van der Waals surface area (Å²) < 4.78 is 34.3. The van der Waals surface area contributed by atoms with Gasteiger partial charge >= 0.3 is 0 Å². The summed E-state index contributed by atoms with van der Waals surface area (Å²) in [6.45, 7) is 1.75. The third kappa shape index (κ3) is 30.7. The summed E-state index contributed by atoms with van der Waals surface area (Å²) in [4.78, 5) is 13.4. The van der Waals surface area contributed by atoms with E-state index in [2.05, 4.69) is 31.3 Å². The molecule has 17 atom stereocenters. The van der Waals surface area contributed by atoms with Gasteiger partial charge in [-0.15, -0.1) is 0 Å². The van der Waals surface area contributed by atoms with Gasteiger partial charge in [0.1, 0.15) is 73.2 Å². The predicted octanol–water partition coefficient (Wildman–Crippen LogP) is 7.88. The molecule has 0 radical (unpaired) electrons. The predicted molar refractivity (Wildman–Crippen MR) is 323 cm³/mol. The monoisotopic (exact) mass is 1200 g/mol. The molecule has 3 aliphatic heterocycles. The van der Waals surface area contributed by atoms with E-state index in [9.17, 15) is 61.0 Å². The summed E-state index contributed by atoms with van der Waals surface area (Å²) in [5.74, 6) is -0.275. The molecule has 0 saturated carbocycles. The van der Waals surface area contributed by atoms with Crippen LogP contribution in [0.3, 0.4) is 0 Å². The topological polar surface area (TPSA) is 307 Å². The minimum Gasteiger partial charge on any atom is -0.394 e. The molecule has 3 aliphatic rings. The van der Waals surface area contributed by atoms with E-state index in [1.807, 2.05) is 6.08 Å². The fraction of sp³-hybridized carbons (Fsp3) is 0.923. The van der Waals surface area contributed by atoms with Crippen molar-refractivity contribution in [1.29, 1.82) is 0 Å². The number of hydrogen-bond acceptors (Lipinski definition) is 18. The zero-order valence-electron chi connectivity index (χ0n) is 51.9. The Kier molecular flexibility index (Phi) is 43.9. The maximum Gasteiger partial charge on any atom is 0.220 e. The van der Waals surface area contributed by atoms with Crippen LogP contribution in [0, 0.1) is 0 Å². The van der Waals surface area contributed by atoms with Gasteiger partial charge in [0.25, 0.3) is 0 Å². The van der Waals surface area contributed by atoms with Crippen LogP contribution >= 0.6 is 0 Å². The first-order chi connectivity index (χ1) is 40.8. The van der Waals surface area contributed by atoms with Crippen molar-refractivity contribution in [2.24, 2.45) is 0 Å². The second kappa shape index (κ2) is 48.2. The molecule has 0 aliphatic carbocycles. The third-order valence-corrected chi connectivity index (χ3v) is 17.0. The molecular weight excluding hydrogens is 1080 g/mol. The molecule has 0 bridgehead atoms. The molecule has 0 aromatic rings. The number of ether oxygens (including phenoxy) is 6. The van der Waals surface area contributed by atoms with E-state index < -0.39 is 124 Å². The molecular formula is C65H121NO18. The minimum absolute atomic E-state index is 0.243. The largest absolute Gasteiger partial charge is 0.394 e. The van der Waals surface area contributed by atoms with E-state index in [1.165, 1.54) is 173 Å². The van der Waals surface area contributed by atoms with E-state index in [0.29, 0.717) is 6.42 Å². The second-order valence-corrected chi connectivity index (χ2v) is 24.3. The van der Waals surface area contributed by atoms with Crippen LogP contribution in [0.25, 0.3) is 0 Å². The van der Waals surface area contributed by atoms with E-state index in [4.69, 9.17) is 28.4 Å². The SMILES string of the molecule is CCCCCCCC/C=C\CCCCCCCCCCCC(=O)NC(COC1OC(CO)C(OC2OC(CO)C(OC3OC(CO)C(O)C(O)C3O)C(O)C2O)C(O)C1O)C(O)/C=C/CCCCCCCCCCCCCCCCCCCC. The molecule has 0 spiro atoms. The minimum atomic E-state index is -1.98. The quantitative estimate of drug-likeness (QED) is 0.0204. The average Bonchev–Trinajstić information content (AvgIpc) is 2.79. The molecule has 17 unspecified atom stereocenters. The van der Waals surface area contributed by atoms with Crippen LogP contribution in [0.2, 0.25) is 0 Å². The first-order valence-electron chi connectivity index (χ1n) is 33.6. The molecule has 3 heterocycles. The second-order valence-electron chi connectivity index (χ2n) is 24.3. The van der Waals surface area contributed by atoms with Crippen molar-refractivity contribution in [2.75, 3.05) is 26.4 Å². The first kappa shape index (κ1) is 76.5. The van der Waals surface area contributed by atoms with Gasteiger partial charge in [-0.25, -0.2) is 0 Å². The van der Waals surface area contributed by atoms with E-state index in [0.717, 1.165) is 51.4 Å². The fourth-order valence-electron chi connectivity index (χ4n) is 11.5. The zero-order chi connectivity index (χ0) is 61.2. The van der Waals surface area contributed by atoms with Crippen LogP contribution in [0.5, 0.6) is 0 Å². The molecule has 84 heavy (non-hydrogen) atoms. The Balaban J connectivity index is 1.47. The van der Waals surface area contributed by atoms with Crippen LogP contribution < -0.4 is 5.32 Å². The van der Waals surface area contributed by atoms with Gasteiger partial charge in [-0.2, -0.15) is 0 Å². The Morgan fingerprint density at radius 2 is 0.750 bits per heavy atom. The molecule has 12 N–H and O–H groups in total. The van der Waals surface area contributed by atoms with E-state index in [-0.39, 0.29) is 18.9 Å². The lowest BCUT2D eigenvalue weighted by Gasteiger charge is -2.48. The van der Waals surface area contributed by atoms with Crippen molar-refractivity contribution in [3.05, 3.63) is 24.3 Å². The Morgan fingerprint density at radius 1 is 0.417 bits per heavy atom. The molecule has 0 aromatic heterocycles. The highest BCUT2D eigenvalue weighted by Gasteiger charge is 2.53. The molecule has 3 fully saturated rings. The molecule has 3 saturated heterocycles. The number of amides is 1. The lowest BCUT2D eigenvalue weighted by molar-refractivity contribution is -0.379. The van der Waals surface area contributed by atoms with Crippen molar-refractivity contribution in [3.8, 4) is 0 Å². The number of rotatable bonds is 51. The number of aliphatic hydroxyl groups excluding tert-OH is 11. The molecule has 0 aromatic carbocycles. The number of carbonyl (C=O) groups is 1. The number of nitrogens with one attached hydrogen (secondary N) is 1. The van der Waals surface area contributed by atoms with Gasteiger partial charge in [-0.05, 0) is 44.9 Å². The van der Waals surface area contributed by atoms with Gasteiger partial charge in [0.2, 0.25) is 5.91 Å². The Hall–Kier alpha value is -1.73. The first-order valence-corrected chi connectivity index (χ1v) is 33.6. The van der Waals surface area contributed by atoms with Gasteiger partial charge < -0.3 is 89.9 Å². The van der Waals surface area contributed by atoms with Crippen molar-refractivity contribution in [3.63, 3.8) is 0 Å². The standard InChI is InChI=1S/C65H121NO18/c1-3-5-7-9-11-13-15-17-19-21-23-25-26-28-30-32-34-36-38-40-42-49(70)48(66-53(71)43-41-39-37-35-33-31-29-27-24-22-20-18-16-14-12-10-8-6-4-2)47-79-63-59(77)56(74)61(51(45-68)81-63)84-65-60(78)57(75)62(52(46-69)82-65)83-64-58(76)55(73)54(72)50(44-67)80-64/h18,20,40,42,48-52,54-65,67-70,72-78H,3-17,19,21-39,41,43-47H2,1-2H3,(H,66,71)/b20-18-,42-40+. The molecule has 1 amide bonds. The summed E-state index contributed by atoms with van der Waals surface area (Å²) in [6, 6.07) is -0.972. The molecule has 3 rings (SSSR count). The summed E-state index contributed by atoms with van der Waals surface area (Å²) in [5.41, 5.74) is 0. The summed E-state index contributed by atoms with van der Waals surface area (Å²) in [5, 5.41) is 120. The number of hydrogen-bond donors (Lipinski definition) is 12. The summed E-state index contributed by atoms with van der Waals surface area (Å²) >= 11 is 0. The number of aliphatic hydroxyl groups is 11. The Morgan fingerprint density at radius 3 is 1.15 bits per heavy atom. The normalized spacial score (nSPS) is 29.3. The van der Waals surface area contributed by atoms with E-state index >= 15 is 0 Å². The third-order valence-electron chi connectivity index (χ3n) is 17.0. The highest BCUT2D eigenvalue weighted by atomic mass is 16.8. The van der Waals surface area contributed by atoms with Crippen LogP contribution in [0.1, 0.15) is 251 Å². The van der Waals surface area contributed by atoms with Gasteiger partial charge in [0, 0.05) is 6.42 Å². The summed E-state index contributed by atoms with van der Waals surface area (Å²) in [7, 11) is 0. The lowest BCUT2D eigenvalue weighted by Crippen LogP contribution is -2.66. The number of unbranched alkanes of at least 4 members (excludes halogenated alkanes) is 33. The van der Waals surface area contributed by atoms with Crippen molar-refractivity contribution in [1.82, 2.24) is 5.32 Å². The number of carbonyl (C=O) groups excluding carboxylic acids is 1. The highest BCUT2D eigenvalue weighted by Crippen LogP contribution is 2.33. The molecule has 494 valence electrons. The zero-order valence-corrected chi connectivity index (χ0v) is 51.9. The Labute approximate surface area is 505 Å². The fourth-order valence-corrected chi connectivity index (χ4v) is 11.5. The van der Waals surface area contributed by atoms with Crippen molar-refractivity contribution in [2.45, 2.75) is 356 Å². The number of allylic oxidation sites excluding steroid dienone is 3. The molecule has 19 nitrogen and oxygen atoms in total. The van der Waals surface area contributed by atoms with Crippen LogP contribution in [0.15, 0.2) is 24.3 Å². The maximum absolute atomic E-state index is 13.4. The summed E-state index contributed by atoms with van der Waals surface area (Å²) in [6.07, 6.45) is 25.7. The van der Waals surface area contributed by atoms with Crippen LogP contribution in [-0.4, -0.2) is 193 Å². The Bertz CT molecular complexity index is 1630. The van der Waals surface area contributed by atoms with Gasteiger partial charge in [0.05, 0.1) is 38.6 Å². The molecule has 19 heteroatoms. The van der Waals surface area contributed by atoms with Gasteiger partial charge in [0.15, 0.2) is 18.9 Å². The van der Waals surface area contributed by atoms with Crippen molar-refractivity contribution < 1.29 is 89.4 Å². The lowest BCUT2D eigenvalue weighted by atomic mass is 9.96. The van der Waals surface area contributed by atoms with Crippen LogP contribution in [-0.2, 0) is 33.2 Å². The van der Waals surface area contributed by atoms with Crippen molar-refractivity contribution >= 4 is 5.91 Å². The van der Waals surface area contributed by atoms with Crippen LogP contribution in [0.4, 0.5) is 0 Å². The van der Waals surface area contributed by atoms with E-state index in [1.54, 1.807) is 6.08 Å². The van der Waals surface area contributed by atoms with Gasteiger partial charge in [-0.1, -0.05) is 224 Å². The highest BCUT2D eigenvalue weighted by molar-refractivity contribution is 5.76. The smallest absolute Gasteiger partial charge is 0.220 e. The van der Waals surface area contributed by atoms with Gasteiger partial charge in [-0.3, -0.25) is 4.79 Å². The maximum atomic E-state index is 13.4. The average molecular weight is 1200 g/mol.